The molecule has 0 saturated heterocycles. The van der Waals surface area contributed by atoms with Crippen molar-refractivity contribution in [1.29, 1.82) is 0 Å². The zero-order valence-corrected chi connectivity index (χ0v) is 14.7. The minimum atomic E-state index is -0.982. The van der Waals surface area contributed by atoms with Crippen LogP contribution in [0.2, 0.25) is 0 Å². The molecule has 1 N–H and O–H groups in total. The molecule has 122 valence electrons. The van der Waals surface area contributed by atoms with E-state index in [4.69, 9.17) is 0 Å². The lowest BCUT2D eigenvalue weighted by Gasteiger charge is -2.18. The zero-order valence-electron chi connectivity index (χ0n) is 13.8. The van der Waals surface area contributed by atoms with E-state index in [1.54, 1.807) is 6.26 Å². The number of hydrogen-bond donors (Lipinski definition) is 1. The van der Waals surface area contributed by atoms with E-state index in [1.165, 1.54) is 0 Å². The van der Waals surface area contributed by atoms with Gasteiger partial charge in [0.15, 0.2) is 0 Å². The summed E-state index contributed by atoms with van der Waals surface area (Å²) in [4.78, 5) is 12.4. The van der Waals surface area contributed by atoms with E-state index in [1.807, 2.05) is 62.4 Å². The molecule has 0 aliphatic heterocycles. The van der Waals surface area contributed by atoms with Crippen LogP contribution in [0.5, 0.6) is 0 Å². The van der Waals surface area contributed by atoms with Gasteiger partial charge in [0.2, 0.25) is 5.91 Å². The first-order chi connectivity index (χ1) is 11.0. The van der Waals surface area contributed by atoms with E-state index in [9.17, 15) is 9.00 Å². The number of benzene rings is 2. The van der Waals surface area contributed by atoms with Crippen LogP contribution in [0.4, 0.5) is 0 Å². The van der Waals surface area contributed by atoms with Crippen LogP contribution in [0.25, 0.3) is 0 Å². The highest BCUT2D eigenvalue weighted by Gasteiger charge is 2.16. The van der Waals surface area contributed by atoms with Gasteiger partial charge in [-0.15, -0.1) is 0 Å². The molecule has 0 heterocycles. The molecule has 0 aliphatic rings. The van der Waals surface area contributed by atoms with Gasteiger partial charge in [-0.05, 0) is 30.5 Å². The molecule has 1 amide bonds. The molecule has 0 radical (unpaired) electrons. The molecule has 0 bridgehead atoms. The number of nitrogens with one attached hydrogen (secondary N) is 1. The molecule has 0 aromatic heterocycles. The molecule has 23 heavy (non-hydrogen) atoms. The highest BCUT2D eigenvalue weighted by atomic mass is 32.2. The predicted octanol–water partition coefficient (Wildman–Crippen LogP) is 3.08. The maximum Gasteiger partial charge on any atom is 0.224 e. The third-order valence-corrected chi connectivity index (χ3v) is 4.60. The molecule has 0 fully saturated rings. The Labute approximate surface area is 140 Å². The molecule has 2 aromatic rings. The van der Waals surface area contributed by atoms with Gasteiger partial charge < -0.3 is 5.32 Å². The van der Waals surface area contributed by atoms with Gasteiger partial charge >= 0.3 is 0 Å². The summed E-state index contributed by atoms with van der Waals surface area (Å²) < 4.78 is 11.6. The molecule has 2 aromatic carbocycles. The Balaban J connectivity index is 2.11. The van der Waals surface area contributed by atoms with Crippen molar-refractivity contribution in [2.75, 3.05) is 12.0 Å². The van der Waals surface area contributed by atoms with Crippen LogP contribution in [0.1, 0.15) is 28.3 Å². The summed E-state index contributed by atoms with van der Waals surface area (Å²) in [6, 6.07) is 15.6. The van der Waals surface area contributed by atoms with Crippen molar-refractivity contribution in [2.45, 2.75) is 26.3 Å². The fourth-order valence-electron chi connectivity index (χ4n) is 2.55. The summed E-state index contributed by atoms with van der Waals surface area (Å²) in [5, 5.41) is 3.03. The Hall–Kier alpha value is -1.94. The first-order valence-electron chi connectivity index (χ1n) is 7.66. The van der Waals surface area contributed by atoms with Crippen LogP contribution >= 0.6 is 0 Å². The summed E-state index contributed by atoms with van der Waals surface area (Å²) in [6.07, 6.45) is 2.00. The molecular formula is C19H23NO2S. The number of amides is 1. The Morgan fingerprint density at radius 1 is 1.13 bits per heavy atom. The third kappa shape index (κ3) is 5.32. The van der Waals surface area contributed by atoms with Gasteiger partial charge in [-0.25, -0.2) is 0 Å². The summed E-state index contributed by atoms with van der Waals surface area (Å²) in [5.41, 5.74) is 4.28. The monoisotopic (exact) mass is 329 g/mol. The fourth-order valence-corrected chi connectivity index (χ4v) is 3.30. The van der Waals surface area contributed by atoms with Crippen LogP contribution in [0, 0.1) is 13.8 Å². The average molecular weight is 329 g/mol. The Morgan fingerprint density at radius 2 is 1.83 bits per heavy atom. The number of aryl methyl sites for hydroxylation is 2. The van der Waals surface area contributed by atoms with Crippen molar-refractivity contribution >= 4 is 16.7 Å². The molecule has 0 aliphatic carbocycles. The van der Waals surface area contributed by atoms with Gasteiger partial charge in [-0.3, -0.25) is 9.00 Å². The largest absolute Gasteiger partial charge is 0.348 e. The lowest BCUT2D eigenvalue weighted by Crippen LogP contribution is -2.33. The van der Waals surface area contributed by atoms with Crippen molar-refractivity contribution in [3.8, 4) is 0 Å². The first-order valence-corrected chi connectivity index (χ1v) is 9.39. The van der Waals surface area contributed by atoms with Crippen molar-refractivity contribution in [3.05, 3.63) is 70.8 Å². The minimum Gasteiger partial charge on any atom is -0.348 e. The Bertz CT molecular complexity index is 698. The molecule has 3 nitrogen and oxygen atoms in total. The van der Waals surface area contributed by atoms with E-state index in [0.29, 0.717) is 12.2 Å². The van der Waals surface area contributed by atoms with Crippen LogP contribution in [-0.2, 0) is 22.0 Å². The first kappa shape index (κ1) is 17.4. The maximum atomic E-state index is 12.4. The summed E-state index contributed by atoms with van der Waals surface area (Å²) in [6.45, 7) is 4.03. The van der Waals surface area contributed by atoms with Gasteiger partial charge in [0, 0.05) is 22.8 Å². The number of carbonyl (C=O) groups is 1. The highest BCUT2D eigenvalue weighted by Crippen LogP contribution is 2.15. The Kier molecular flexibility index (Phi) is 6.11. The van der Waals surface area contributed by atoms with Crippen LogP contribution in [-0.4, -0.2) is 22.1 Å². The maximum absolute atomic E-state index is 12.4. The van der Waals surface area contributed by atoms with E-state index in [2.05, 4.69) is 5.32 Å². The highest BCUT2D eigenvalue weighted by molar-refractivity contribution is 7.84. The molecule has 2 atom stereocenters. The van der Waals surface area contributed by atoms with Gasteiger partial charge in [-0.2, -0.15) is 0 Å². The van der Waals surface area contributed by atoms with Gasteiger partial charge in [0.05, 0.1) is 12.5 Å². The molecule has 0 spiro atoms. The summed E-state index contributed by atoms with van der Waals surface area (Å²) in [5.74, 6) is 0.376. The molecule has 0 saturated carbocycles. The van der Waals surface area contributed by atoms with Crippen LogP contribution < -0.4 is 5.32 Å². The number of carbonyl (C=O) groups excluding carboxylic acids is 1. The quantitative estimate of drug-likeness (QED) is 0.885. The van der Waals surface area contributed by atoms with Crippen molar-refractivity contribution in [3.63, 3.8) is 0 Å². The normalized spacial score (nSPS) is 13.3. The lowest BCUT2D eigenvalue weighted by molar-refractivity contribution is -0.121. The van der Waals surface area contributed by atoms with Crippen LogP contribution in [0.3, 0.4) is 0 Å². The topological polar surface area (TPSA) is 46.2 Å². The van der Waals surface area contributed by atoms with E-state index < -0.39 is 10.8 Å². The van der Waals surface area contributed by atoms with Gasteiger partial charge in [0.1, 0.15) is 0 Å². The van der Waals surface area contributed by atoms with Crippen molar-refractivity contribution in [2.24, 2.45) is 0 Å². The van der Waals surface area contributed by atoms with Crippen LogP contribution in [0.15, 0.2) is 48.5 Å². The second kappa shape index (κ2) is 8.06. The number of rotatable bonds is 6. The smallest absolute Gasteiger partial charge is 0.224 e. The van der Waals surface area contributed by atoms with E-state index in [-0.39, 0.29) is 11.9 Å². The lowest BCUT2D eigenvalue weighted by atomic mass is 10.0. The van der Waals surface area contributed by atoms with E-state index >= 15 is 0 Å². The van der Waals surface area contributed by atoms with Gasteiger partial charge in [-0.1, -0.05) is 54.1 Å². The SMILES string of the molecule is Cc1ccc(C)c(CC(=O)N[C@H](C[S@@](C)=O)c2ccccc2)c1. The fraction of sp³-hybridized carbons (Fsp3) is 0.316. The standard InChI is InChI=1S/C19H23NO2S/c1-14-9-10-15(2)17(11-14)12-19(21)20-18(13-23(3)22)16-7-5-4-6-8-16/h4-11,18H,12-13H2,1-3H3,(H,20,21)/t18-,23-/m1/s1. The third-order valence-electron chi connectivity index (χ3n) is 3.79. The molecule has 2 rings (SSSR count). The summed E-state index contributed by atoms with van der Waals surface area (Å²) >= 11 is 0. The average Bonchev–Trinajstić information content (AvgIpc) is 2.51. The molecule has 4 heteroatoms. The van der Waals surface area contributed by atoms with E-state index in [0.717, 1.165) is 22.3 Å². The molecular weight excluding hydrogens is 306 g/mol. The predicted molar refractivity (Wildman–Crippen MR) is 95.9 cm³/mol. The summed E-state index contributed by atoms with van der Waals surface area (Å²) in [7, 11) is -0.982. The van der Waals surface area contributed by atoms with Gasteiger partial charge in [0.25, 0.3) is 0 Å². The second-order valence-electron chi connectivity index (χ2n) is 5.88. The Morgan fingerprint density at radius 3 is 2.48 bits per heavy atom. The van der Waals surface area contributed by atoms with Crippen molar-refractivity contribution in [1.82, 2.24) is 5.32 Å². The van der Waals surface area contributed by atoms with Crippen molar-refractivity contribution < 1.29 is 9.00 Å². The second-order valence-corrected chi connectivity index (χ2v) is 7.36. The zero-order chi connectivity index (χ0) is 16.8. The molecule has 0 unspecified atom stereocenters. The number of hydrogen-bond acceptors (Lipinski definition) is 2. The minimum absolute atomic E-state index is 0.0435.